The molecule has 0 saturated carbocycles. The maximum atomic E-state index is 14.4. The lowest BCUT2D eigenvalue weighted by molar-refractivity contribution is 0.0194. The lowest BCUT2D eigenvalue weighted by Gasteiger charge is -2.41. The molecule has 11 nitrogen and oxygen atoms in total. The Bertz CT molecular complexity index is 1380. The molecule has 3 saturated heterocycles. The number of piperidine rings is 2. The SMILES string of the molecule is CO[C@@H]1CCN(c2nccc(Nc3nccc(Sc4cnc(N5CCC6(CC5)CO[C@@H](C)[C@H]6N)cn4)c3Cl)n2)C[C@@H]1F. The maximum absolute atomic E-state index is 14.4. The number of hydrogen-bond acceptors (Lipinski definition) is 12. The van der Waals surface area contributed by atoms with Gasteiger partial charge in [0.1, 0.15) is 22.8 Å². The number of hydrogen-bond donors (Lipinski definition) is 2. The molecule has 4 atom stereocenters. The van der Waals surface area contributed by atoms with E-state index < -0.39 is 12.3 Å². The molecule has 6 rings (SSSR count). The topological polar surface area (TPSA) is 127 Å². The molecule has 0 bridgehead atoms. The fourth-order valence-electron chi connectivity index (χ4n) is 5.91. The molecule has 3 aromatic heterocycles. The number of methoxy groups -OCH3 is 1. The van der Waals surface area contributed by atoms with Crippen LogP contribution in [-0.4, -0.2) is 89.2 Å². The summed E-state index contributed by atoms with van der Waals surface area (Å²) in [6.07, 6.45) is 8.00. The van der Waals surface area contributed by atoms with E-state index in [0.29, 0.717) is 35.6 Å². The van der Waals surface area contributed by atoms with E-state index in [-0.39, 0.29) is 24.1 Å². The van der Waals surface area contributed by atoms with Crippen molar-refractivity contribution in [3.05, 3.63) is 41.9 Å². The van der Waals surface area contributed by atoms with Crippen molar-refractivity contribution in [1.29, 1.82) is 0 Å². The number of ether oxygens (including phenoxy) is 2. The smallest absolute Gasteiger partial charge is 0.227 e. The van der Waals surface area contributed by atoms with Gasteiger partial charge in [-0.2, -0.15) is 4.98 Å². The lowest BCUT2D eigenvalue weighted by Crippen LogP contribution is -2.50. The van der Waals surface area contributed by atoms with Gasteiger partial charge in [-0.3, -0.25) is 0 Å². The second kappa shape index (κ2) is 12.4. The molecule has 0 amide bonds. The molecule has 0 radical (unpaired) electrons. The highest BCUT2D eigenvalue weighted by molar-refractivity contribution is 7.99. The normalized spacial score (nSPS) is 25.6. The van der Waals surface area contributed by atoms with Crippen molar-refractivity contribution in [2.24, 2.45) is 11.1 Å². The zero-order chi connectivity index (χ0) is 29.3. The predicted molar refractivity (Wildman–Crippen MR) is 161 cm³/mol. The van der Waals surface area contributed by atoms with E-state index in [1.807, 2.05) is 17.2 Å². The first-order valence-corrected chi connectivity index (χ1v) is 15.3. The van der Waals surface area contributed by atoms with Gasteiger partial charge in [0.15, 0.2) is 5.82 Å². The van der Waals surface area contributed by atoms with E-state index >= 15 is 0 Å². The van der Waals surface area contributed by atoms with Crippen molar-refractivity contribution in [2.75, 3.05) is 55.0 Å². The molecular weight excluding hydrogens is 581 g/mol. The average molecular weight is 616 g/mol. The highest BCUT2D eigenvalue weighted by atomic mass is 35.5. The first-order valence-electron chi connectivity index (χ1n) is 14.1. The van der Waals surface area contributed by atoms with Crippen molar-refractivity contribution >= 4 is 46.8 Å². The standard InChI is InChI=1S/C28H35ClFN9O2S/c1-17-25(31)28(16-41-17)6-11-38(12-7-28)22-13-35-23(14-34-22)42-20-3-8-32-26(24(20)29)36-21-4-9-33-27(37-21)39-10-5-19(40-2)18(30)15-39/h3-4,8-9,13-14,17-19,25H,5-7,10-12,15-16,31H2,1-2H3,(H,32,33,36,37)/t17-,18-,19+,25+/m0/s1. The molecule has 3 aliphatic heterocycles. The van der Waals surface area contributed by atoms with Gasteiger partial charge in [0.2, 0.25) is 5.95 Å². The third-order valence-corrected chi connectivity index (χ3v) is 10.0. The van der Waals surface area contributed by atoms with Crippen LogP contribution in [-0.2, 0) is 9.47 Å². The van der Waals surface area contributed by atoms with Crippen molar-refractivity contribution in [3.8, 4) is 0 Å². The summed E-state index contributed by atoms with van der Waals surface area (Å²) in [5.41, 5.74) is 6.53. The lowest BCUT2D eigenvalue weighted by atomic mass is 9.73. The van der Waals surface area contributed by atoms with Crippen LogP contribution in [0.3, 0.4) is 0 Å². The van der Waals surface area contributed by atoms with Gasteiger partial charge in [-0.1, -0.05) is 23.4 Å². The minimum Gasteiger partial charge on any atom is -0.378 e. The van der Waals surface area contributed by atoms with Crippen LogP contribution >= 0.6 is 23.4 Å². The highest BCUT2D eigenvalue weighted by Crippen LogP contribution is 2.42. The molecule has 0 unspecified atom stereocenters. The quantitative estimate of drug-likeness (QED) is 0.397. The first-order chi connectivity index (χ1) is 20.3. The van der Waals surface area contributed by atoms with Crippen LogP contribution in [0.2, 0.25) is 5.02 Å². The van der Waals surface area contributed by atoms with Crippen molar-refractivity contribution in [2.45, 2.75) is 60.5 Å². The molecule has 3 aliphatic rings. The Labute approximate surface area is 253 Å². The molecule has 3 fully saturated rings. The van der Waals surface area contributed by atoms with Gasteiger partial charge in [-0.05, 0) is 38.3 Å². The molecule has 0 aromatic carbocycles. The van der Waals surface area contributed by atoms with Crippen molar-refractivity contribution < 1.29 is 13.9 Å². The number of nitrogens with two attached hydrogens (primary N) is 1. The summed E-state index contributed by atoms with van der Waals surface area (Å²) in [6.45, 7) is 5.33. The van der Waals surface area contributed by atoms with E-state index in [4.69, 9.17) is 26.8 Å². The van der Waals surface area contributed by atoms with Gasteiger partial charge in [-0.25, -0.2) is 24.3 Å². The maximum Gasteiger partial charge on any atom is 0.227 e. The number of alkyl halides is 1. The monoisotopic (exact) mass is 615 g/mol. The fraction of sp³-hybridized carbons (Fsp3) is 0.536. The summed E-state index contributed by atoms with van der Waals surface area (Å²) in [6, 6.07) is 3.63. The van der Waals surface area contributed by atoms with Gasteiger partial charge in [0, 0.05) is 55.5 Å². The van der Waals surface area contributed by atoms with Crippen molar-refractivity contribution in [3.63, 3.8) is 0 Å². The zero-order valence-electron chi connectivity index (χ0n) is 23.6. The molecule has 3 aromatic rings. The summed E-state index contributed by atoms with van der Waals surface area (Å²) < 4.78 is 25.5. The summed E-state index contributed by atoms with van der Waals surface area (Å²) in [4.78, 5) is 27.5. The molecule has 224 valence electrons. The van der Waals surface area contributed by atoms with E-state index in [2.05, 4.69) is 42.1 Å². The summed E-state index contributed by atoms with van der Waals surface area (Å²) in [7, 11) is 1.53. The van der Waals surface area contributed by atoms with Crippen LogP contribution in [0.1, 0.15) is 26.2 Å². The molecular formula is C28H35ClFN9O2S. The Morgan fingerprint density at radius 2 is 1.93 bits per heavy atom. The third kappa shape index (κ3) is 5.98. The molecule has 3 N–H and O–H groups in total. The summed E-state index contributed by atoms with van der Waals surface area (Å²) >= 11 is 8.15. The fourth-order valence-corrected chi connectivity index (χ4v) is 6.93. The number of pyridine rings is 1. The second-order valence-corrected chi connectivity index (χ2v) is 12.5. The number of anilines is 4. The van der Waals surface area contributed by atoms with Gasteiger partial charge >= 0.3 is 0 Å². The Morgan fingerprint density at radius 1 is 1.12 bits per heavy atom. The van der Waals surface area contributed by atoms with E-state index in [1.54, 1.807) is 24.7 Å². The first kappa shape index (κ1) is 29.2. The Kier molecular flexibility index (Phi) is 8.64. The molecule has 42 heavy (non-hydrogen) atoms. The van der Waals surface area contributed by atoms with Gasteiger partial charge < -0.3 is 30.3 Å². The van der Waals surface area contributed by atoms with Crippen LogP contribution in [0.4, 0.5) is 27.8 Å². The van der Waals surface area contributed by atoms with E-state index in [0.717, 1.165) is 48.3 Å². The molecule has 6 heterocycles. The van der Waals surface area contributed by atoms with Gasteiger partial charge in [0.25, 0.3) is 0 Å². The molecule has 14 heteroatoms. The number of rotatable bonds is 7. The minimum atomic E-state index is -1.10. The largest absolute Gasteiger partial charge is 0.378 e. The van der Waals surface area contributed by atoms with Gasteiger partial charge in [0.05, 0.1) is 42.8 Å². The van der Waals surface area contributed by atoms with Crippen LogP contribution in [0.5, 0.6) is 0 Å². The second-order valence-electron chi connectivity index (χ2n) is 11.1. The Balaban J connectivity index is 1.08. The number of nitrogens with one attached hydrogen (secondary N) is 1. The van der Waals surface area contributed by atoms with Crippen LogP contribution in [0, 0.1) is 5.41 Å². The zero-order valence-corrected chi connectivity index (χ0v) is 25.2. The average Bonchev–Trinajstić information content (AvgIpc) is 3.28. The van der Waals surface area contributed by atoms with Crippen LogP contribution < -0.4 is 20.9 Å². The number of halogens is 2. The minimum absolute atomic E-state index is 0.0645. The van der Waals surface area contributed by atoms with Crippen molar-refractivity contribution in [1.82, 2.24) is 24.9 Å². The van der Waals surface area contributed by atoms with Crippen LogP contribution in [0.15, 0.2) is 46.8 Å². The summed E-state index contributed by atoms with van der Waals surface area (Å²) in [5, 5.41) is 4.33. The number of aromatic nitrogens is 5. The van der Waals surface area contributed by atoms with E-state index in [9.17, 15) is 4.39 Å². The highest BCUT2D eigenvalue weighted by Gasteiger charge is 2.47. The number of nitrogens with zero attached hydrogens (tertiary/aromatic N) is 7. The Hall–Kier alpha value is -2.84. The summed E-state index contributed by atoms with van der Waals surface area (Å²) in [5.74, 6) is 2.24. The van der Waals surface area contributed by atoms with E-state index in [1.165, 1.54) is 18.9 Å². The van der Waals surface area contributed by atoms with Gasteiger partial charge in [-0.15, -0.1) is 0 Å². The molecule has 1 spiro atoms. The predicted octanol–water partition coefficient (Wildman–Crippen LogP) is 4.11. The molecule has 0 aliphatic carbocycles. The van der Waals surface area contributed by atoms with Crippen LogP contribution in [0.25, 0.3) is 0 Å². The Morgan fingerprint density at radius 3 is 2.62 bits per heavy atom. The third-order valence-electron chi connectivity index (χ3n) is 8.57.